The van der Waals surface area contributed by atoms with Gasteiger partial charge in [0.05, 0.1) is 5.56 Å². The molecule has 10 heteroatoms. The third-order valence-corrected chi connectivity index (χ3v) is 3.59. The van der Waals surface area contributed by atoms with Gasteiger partial charge < -0.3 is 14.5 Å². The Bertz CT molecular complexity index is 1020. The summed E-state index contributed by atoms with van der Waals surface area (Å²) >= 11 is 0. The summed E-state index contributed by atoms with van der Waals surface area (Å²) in [7, 11) is 0. The average molecular weight is 382 g/mol. The summed E-state index contributed by atoms with van der Waals surface area (Å²) in [5, 5.41) is 1.67. The molecule has 2 aromatic carbocycles. The van der Waals surface area contributed by atoms with Crippen molar-refractivity contribution in [2.24, 2.45) is 0 Å². The Kier molecular flexibility index (Phi) is 4.80. The summed E-state index contributed by atoms with van der Waals surface area (Å²) in [4.78, 5) is 28.1. The number of carbonyl (C=O) groups is 2. The highest BCUT2D eigenvalue weighted by Crippen LogP contribution is 2.24. The number of anilines is 1. The number of nitrogens with zero attached hydrogens (tertiary/aromatic N) is 1. The second-order valence-corrected chi connectivity index (χ2v) is 5.38. The summed E-state index contributed by atoms with van der Waals surface area (Å²) in [6.07, 6.45) is -0.425. The molecule has 0 spiro atoms. The molecule has 3 rings (SSSR count). The second-order valence-electron chi connectivity index (χ2n) is 5.38. The number of carbonyl (C=O) groups excluding carboxylic acids is 2. The van der Waals surface area contributed by atoms with Crippen LogP contribution in [0.3, 0.4) is 0 Å². The van der Waals surface area contributed by atoms with E-state index in [0.717, 1.165) is 13.3 Å². The Morgan fingerprint density at radius 3 is 2.48 bits per heavy atom. The normalized spacial score (nSPS) is 12.0. The number of para-hydroxylation sites is 1. The summed E-state index contributed by atoms with van der Waals surface area (Å²) in [6.45, 7) is 1.11. The molecule has 6 nitrogen and oxygen atoms in total. The van der Waals surface area contributed by atoms with Gasteiger partial charge in [0.15, 0.2) is 41.3 Å². The molecule has 0 saturated carbocycles. The molecule has 1 amide bonds. The smallest absolute Gasteiger partial charge is 0.341 e. The van der Waals surface area contributed by atoms with Crippen LogP contribution in [-0.4, -0.2) is 23.0 Å². The molecule has 27 heavy (non-hydrogen) atoms. The third kappa shape index (κ3) is 3.46. The second kappa shape index (κ2) is 7.06. The Labute approximate surface area is 148 Å². The molecule has 1 unspecified atom stereocenters. The number of amides is 1. The molecular weight excluding hydrogens is 372 g/mol. The topological polar surface area (TPSA) is 81.4 Å². The van der Waals surface area contributed by atoms with E-state index in [0.29, 0.717) is 5.58 Å². The van der Waals surface area contributed by atoms with Crippen molar-refractivity contribution in [3.8, 4) is 0 Å². The molecule has 0 radical (unpaired) electrons. The highest BCUT2D eigenvalue weighted by Gasteiger charge is 2.26. The largest absolute Gasteiger partial charge is 0.449 e. The van der Waals surface area contributed by atoms with Crippen molar-refractivity contribution < 1.29 is 36.3 Å². The summed E-state index contributed by atoms with van der Waals surface area (Å²) < 4.78 is 63.6. The van der Waals surface area contributed by atoms with Crippen molar-refractivity contribution >= 4 is 28.7 Å². The average Bonchev–Trinajstić information content (AvgIpc) is 3.12. The zero-order chi connectivity index (χ0) is 19.7. The zero-order valence-electron chi connectivity index (χ0n) is 13.6. The Balaban J connectivity index is 1.77. The molecule has 0 aliphatic heterocycles. The predicted molar refractivity (Wildman–Crippen MR) is 83.8 cm³/mol. The maximum atomic E-state index is 13.6. The lowest BCUT2D eigenvalue weighted by molar-refractivity contribution is -0.123. The number of hydrogen-bond acceptors (Lipinski definition) is 5. The molecule has 0 fully saturated rings. The minimum atomic E-state index is -1.78. The highest BCUT2D eigenvalue weighted by molar-refractivity contribution is 6.03. The summed E-state index contributed by atoms with van der Waals surface area (Å²) in [6, 6.07) is 4.43. The van der Waals surface area contributed by atoms with Gasteiger partial charge in [-0.15, -0.1) is 0 Å². The van der Waals surface area contributed by atoms with E-state index in [1.54, 1.807) is 11.4 Å². The number of halogens is 4. The van der Waals surface area contributed by atoms with Crippen LogP contribution in [0.25, 0.3) is 11.1 Å². The van der Waals surface area contributed by atoms with E-state index in [2.05, 4.69) is 4.98 Å². The SMILES string of the molecule is CC(OC(=O)c1cccc2ocnc12)C(=O)Nc1c(F)c(F)cc(F)c1F. The monoisotopic (exact) mass is 382 g/mol. The Morgan fingerprint density at radius 2 is 1.81 bits per heavy atom. The lowest BCUT2D eigenvalue weighted by Gasteiger charge is -2.14. The van der Waals surface area contributed by atoms with Crippen LogP contribution in [0.15, 0.2) is 35.1 Å². The van der Waals surface area contributed by atoms with Gasteiger partial charge in [0.1, 0.15) is 11.2 Å². The molecule has 3 aromatic rings. The van der Waals surface area contributed by atoms with Crippen molar-refractivity contribution in [2.45, 2.75) is 13.0 Å². The lowest BCUT2D eigenvalue weighted by Crippen LogP contribution is -2.31. The van der Waals surface area contributed by atoms with Crippen LogP contribution in [0.2, 0.25) is 0 Å². The van der Waals surface area contributed by atoms with Gasteiger partial charge in [-0.05, 0) is 19.1 Å². The number of nitrogens with one attached hydrogen (secondary N) is 1. The van der Waals surface area contributed by atoms with E-state index >= 15 is 0 Å². The van der Waals surface area contributed by atoms with Crippen molar-refractivity contribution in [3.63, 3.8) is 0 Å². The number of fused-ring (bicyclic) bond motifs is 1. The van der Waals surface area contributed by atoms with E-state index < -0.39 is 46.9 Å². The van der Waals surface area contributed by atoms with Crippen LogP contribution in [0, 0.1) is 23.3 Å². The first-order chi connectivity index (χ1) is 12.8. The van der Waals surface area contributed by atoms with Crippen molar-refractivity contribution in [1.29, 1.82) is 0 Å². The molecule has 0 bridgehead atoms. The summed E-state index contributed by atoms with van der Waals surface area (Å²) in [5.74, 6) is -9.10. The quantitative estimate of drug-likeness (QED) is 0.424. The fourth-order valence-electron chi connectivity index (χ4n) is 2.24. The van der Waals surface area contributed by atoms with E-state index in [4.69, 9.17) is 9.15 Å². The van der Waals surface area contributed by atoms with Gasteiger partial charge in [0, 0.05) is 6.07 Å². The summed E-state index contributed by atoms with van der Waals surface area (Å²) in [5.41, 5.74) is -0.825. The molecule has 1 aromatic heterocycles. The van der Waals surface area contributed by atoms with Crippen LogP contribution in [0.1, 0.15) is 17.3 Å². The molecule has 1 atom stereocenters. The van der Waals surface area contributed by atoms with Gasteiger partial charge in [-0.25, -0.2) is 27.3 Å². The molecule has 1 N–H and O–H groups in total. The van der Waals surface area contributed by atoms with Crippen LogP contribution in [-0.2, 0) is 9.53 Å². The number of ether oxygens (including phenoxy) is 1. The molecule has 140 valence electrons. The number of aromatic nitrogens is 1. The first-order valence-corrected chi connectivity index (χ1v) is 7.46. The molecule has 1 heterocycles. The Hall–Kier alpha value is -3.43. The molecule has 0 aliphatic rings. The lowest BCUT2D eigenvalue weighted by atomic mass is 10.2. The number of hydrogen-bond donors (Lipinski definition) is 1. The van der Waals surface area contributed by atoms with Gasteiger partial charge in [0.25, 0.3) is 5.91 Å². The number of oxazole rings is 1. The first-order valence-electron chi connectivity index (χ1n) is 7.46. The van der Waals surface area contributed by atoms with Gasteiger partial charge >= 0.3 is 5.97 Å². The maximum absolute atomic E-state index is 13.6. The molecular formula is C17H10F4N2O4. The van der Waals surface area contributed by atoms with Gasteiger partial charge in [0.2, 0.25) is 0 Å². The van der Waals surface area contributed by atoms with E-state index in [1.165, 1.54) is 12.1 Å². The number of rotatable bonds is 4. The Morgan fingerprint density at radius 1 is 1.15 bits per heavy atom. The van der Waals surface area contributed by atoms with Crippen LogP contribution in [0.4, 0.5) is 23.2 Å². The number of esters is 1. The minimum Gasteiger partial charge on any atom is -0.449 e. The predicted octanol–water partition coefficient (Wildman–Crippen LogP) is 3.57. The van der Waals surface area contributed by atoms with Gasteiger partial charge in [-0.1, -0.05) is 6.07 Å². The zero-order valence-corrected chi connectivity index (χ0v) is 13.6. The van der Waals surface area contributed by atoms with Crippen molar-refractivity contribution in [3.05, 3.63) is 59.5 Å². The molecule has 0 aliphatic carbocycles. The van der Waals surface area contributed by atoms with Crippen LogP contribution >= 0.6 is 0 Å². The van der Waals surface area contributed by atoms with E-state index in [1.807, 2.05) is 0 Å². The highest BCUT2D eigenvalue weighted by atomic mass is 19.2. The number of benzene rings is 2. The fraction of sp³-hybridized carbons (Fsp3) is 0.118. The van der Waals surface area contributed by atoms with Crippen molar-refractivity contribution in [1.82, 2.24) is 4.98 Å². The standard InChI is InChI=1S/C17H10F4N2O4/c1-7(16(24)23-15-12(20)9(18)5-10(19)13(15)21)27-17(25)8-3-2-4-11-14(8)22-6-26-11/h2-7H,1H3,(H,23,24). The van der Waals surface area contributed by atoms with Crippen LogP contribution < -0.4 is 5.32 Å². The van der Waals surface area contributed by atoms with Crippen molar-refractivity contribution in [2.75, 3.05) is 5.32 Å². The van der Waals surface area contributed by atoms with E-state index in [-0.39, 0.29) is 17.1 Å². The first kappa shape index (κ1) is 18.4. The third-order valence-electron chi connectivity index (χ3n) is 3.59. The fourth-order valence-corrected chi connectivity index (χ4v) is 2.24. The molecule has 0 saturated heterocycles. The van der Waals surface area contributed by atoms with E-state index in [9.17, 15) is 27.2 Å². The maximum Gasteiger partial charge on any atom is 0.341 e. The van der Waals surface area contributed by atoms with Gasteiger partial charge in [-0.3, -0.25) is 4.79 Å². The van der Waals surface area contributed by atoms with Crippen LogP contribution in [0.5, 0.6) is 0 Å². The van der Waals surface area contributed by atoms with Gasteiger partial charge in [-0.2, -0.15) is 0 Å². The minimum absolute atomic E-state index is 0.00233.